The summed E-state index contributed by atoms with van der Waals surface area (Å²) in [7, 11) is 1.42. The van der Waals surface area contributed by atoms with Crippen LogP contribution in [0.15, 0.2) is 30.6 Å². The molecule has 0 saturated heterocycles. The van der Waals surface area contributed by atoms with E-state index in [1.54, 1.807) is 6.20 Å². The average molecular weight is 301 g/mol. The molecule has 0 bridgehead atoms. The van der Waals surface area contributed by atoms with Crippen molar-refractivity contribution in [1.82, 2.24) is 14.9 Å². The van der Waals surface area contributed by atoms with Gasteiger partial charge in [-0.25, -0.2) is 9.37 Å². The molecular formula is C13H11F4N3O. The zero-order valence-electron chi connectivity index (χ0n) is 10.9. The van der Waals surface area contributed by atoms with Gasteiger partial charge >= 0.3 is 6.18 Å². The zero-order chi connectivity index (χ0) is 15.6. The lowest BCUT2D eigenvalue weighted by Gasteiger charge is -2.17. The fraction of sp³-hybridized carbons (Fsp3) is 0.231. The number of rotatable bonds is 3. The summed E-state index contributed by atoms with van der Waals surface area (Å²) in [5.41, 5.74) is -1.70. The second-order valence-corrected chi connectivity index (χ2v) is 4.39. The van der Waals surface area contributed by atoms with Crippen LogP contribution in [0, 0.1) is 5.82 Å². The van der Waals surface area contributed by atoms with Gasteiger partial charge in [0.2, 0.25) is 0 Å². The van der Waals surface area contributed by atoms with Crippen LogP contribution in [-0.2, 0) is 12.7 Å². The number of aromatic nitrogens is 2. The minimum atomic E-state index is -4.85. The van der Waals surface area contributed by atoms with Crippen molar-refractivity contribution in [3.8, 4) is 0 Å². The van der Waals surface area contributed by atoms with Crippen LogP contribution >= 0.6 is 0 Å². The first-order valence-electron chi connectivity index (χ1n) is 5.89. The molecule has 2 rings (SSSR count). The Morgan fingerprint density at radius 2 is 2.10 bits per heavy atom. The summed E-state index contributed by atoms with van der Waals surface area (Å²) in [4.78, 5) is 19.9. The van der Waals surface area contributed by atoms with E-state index < -0.39 is 23.5 Å². The van der Waals surface area contributed by atoms with E-state index in [0.717, 1.165) is 6.07 Å². The Morgan fingerprint density at radius 1 is 1.38 bits per heavy atom. The number of H-pyrrole nitrogens is 1. The molecule has 1 aromatic heterocycles. The van der Waals surface area contributed by atoms with Crippen LogP contribution in [0.5, 0.6) is 0 Å². The van der Waals surface area contributed by atoms with Gasteiger partial charge in [0.05, 0.1) is 12.1 Å². The predicted octanol–water partition coefficient (Wildman–Crippen LogP) is 2.84. The van der Waals surface area contributed by atoms with E-state index in [9.17, 15) is 22.4 Å². The van der Waals surface area contributed by atoms with Gasteiger partial charge in [-0.05, 0) is 18.2 Å². The van der Waals surface area contributed by atoms with E-state index in [1.807, 2.05) is 0 Å². The third-order valence-electron chi connectivity index (χ3n) is 2.81. The quantitative estimate of drug-likeness (QED) is 0.886. The fourth-order valence-corrected chi connectivity index (χ4v) is 1.78. The Hall–Kier alpha value is -2.38. The van der Waals surface area contributed by atoms with Gasteiger partial charge in [-0.1, -0.05) is 0 Å². The van der Waals surface area contributed by atoms with Crippen molar-refractivity contribution >= 4 is 5.91 Å². The van der Waals surface area contributed by atoms with Crippen molar-refractivity contribution < 1.29 is 22.4 Å². The highest BCUT2D eigenvalue weighted by Crippen LogP contribution is 2.32. The summed E-state index contributed by atoms with van der Waals surface area (Å²) >= 11 is 0. The Kier molecular flexibility index (Phi) is 3.97. The van der Waals surface area contributed by atoms with Gasteiger partial charge in [0.1, 0.15) is 11.6 Å². The highest BCUT2D eigenvalue weighted by molar-refractivity contribution is 5.94. The zero-order valence-corrected chi connectivity index (χ0v) is 10.9. The summed E-state index contributed by atoms with van der Waals surface area (Å²) in [6.45, 7) is 0.102. The smallest absolute Gasteiger partial charge is 0.347 e. The summed E-state index contributed by atoms with van der Waals surface area (Å²) < 4.78 is 51.0. The van der Waals surface area contributed by atoms with Gasteiger partial charge in [0, 0.05) is 25.0 Å². The molecule has 0 fully saturated rings. The number of carbonyl (C=O) groups is 1. The molecule has 1 N–H and O–H groups in total. The van der Waals surface area contributed by atoms with Crippen LogP contribution in [0.4, 0.5) is 17.6 Å². The van der Waals surface area contributed by atoms with Crippen molar-refractivity contribution in [3.05, 3.63) is 53.4 Å². The van der Waals surface area contributed by atoms with Gasteiger partial charge in [-0.3, -0.25) is 4.79 Å². The number of amides is 1. The third kappa shape index (κ3) is 3.39. The number of imidazole rings is 1. The summed E-state index contributed by atoms with van der Waals surface area (Å²) in [6, 6.07) is 2.17. The Morgan fingerprint density at radius 3 is 2.67 bits per heavy atom. The summed E-state index contributed by atoms with van der Waals surface area (Å²) in [6.07, 6.45) is -1.79. The van der Waals surface area contributed by atoms with Gasteiger partial charge in [0.25, 0.3) is 5.91 Å². The number of halogens is 4. The number of alkyl halides is 3. The van der Waals surface area contributed by atoms with Crippen molar-refractivity contribution in [2.45, 2.75) is 12.7 Å². The van der Waals surface area contributed by atoms with Crippen molar-refractivity contribution in [3.63, 3.8) is 0 Å². The summed E-state index contributed by atoms with van der Waals surface area (Å²) in [5, 5.41) is 0. The Bertz CT molecular complexity index is 637. The maximum atomic E-state index is 13.2. The first-order valence-corrected chi connectivity index (χ1v) is 5.89. The number of aromatic amines is 1. The van der Waals surface area contributed by atoms with Crippen LogP contribution in [-0.4, -0.2) is 27.8 Å². The number of hydrogen-bond donors (Lipinski definition) is 1. The van der Waals surface area contributed by atoms with E-state index >= 15 is 0 Å². The molecule has 1 amide bonds. The molecule has 1 aromatic carbocycles. The summed E-state index contributed by atoms with van der Waals surface area (Å²) in [5.74, 6) is -1.58. The van der Waals surface area contributed by atoms with Crippen molar-refractivity contribution in [2.24, 2.45) is 0 Å². The highest BCUT2D eigenvalue weighted by atomic mass is 19.4. The van der Waals surface area contributed by atoms with E-state index in [-0.39, 0.29) is 12.1 Å². The van der Waals surface area contributed by atoms with Crippen LogP contribution in [0.2, 0.25) is 0 Å². The van der Waals surface area contributed by atoms with E-state index in [4.69, 9.17) is 0 Å². The Balaban J connectivity index is 2.23. The standard InChI is InChI=1S/C13H11F4N3O/c1-20(7-11-18-4-5-19-11)12(21)8-2-3-10(14)9(6-8)13(15,16)17/h2-6H,7H2,1H3,(H,18,19). The maximum absolute atomic E-state index is 13.2. The van der Waals surface area contributed by atoms with Crippen LogP contribution in [0.3, 0.4) is 0 Å². The number of benzene rings is 1. The number of nitrogens with one attached hydrogen (secondary N) is 1. The number of nitrogens with zero attached hydrogens (tertiary/aromatic N) is 2. The molecule has 112 valence electrons. The molecule has 0 aliphatic rings. The third-order valence-corrected chi connectivity index (χ3v) is 2.81. The molecule has 0 radical (unpaired) electrons. The second kappa shape index (κ2) is 5.55. The first kappa shape index (κ1) is 15.0. The normalized spacial score (nSPS) is 11.5. The molecular weight excluding hydrogens is 290 g/mol. The lowest BCUT2D eigenvalue weighted by molar-refractivity contribution is -0.140. The molecule has 2 aromatic rings. The van der Waals surface area contributed by atoms with E-state index in [2.05, 4.69) is 9.97 Å². The topological polar surface area (TPSA) is 49.0 Å². The molecule has 1 heterocycles. The van der Waals surface area contributed by atoms with E-state index in [1.165, 1.54) is 18.1 Å². The van der Waals surface area contributed by atoms with Crippen molar-refractivity contribution in [2.75, 3.05) is 7.05 Å². The molecule has 4 nitrogen and oxygen atoms in total. The van der Waals surface area contributed by atoms with Gasteiger partial charge in [-0.15, -0.1) is 0 Å². The highest BCUT2D eigenvalue weighted by Gasteiger charge is 2.34. The van der Waals surface area contributed by atoms with Crippen LogP contribution < -0.4 is 0 Å². The largest absolute Gasteiger partial charge is 0.419 e. The number of hydrogen-bond acceptors (Lipinski definition) is 2. The number of carbonyl (C=O) groups excluding carboxylic acids is 1. The van der Waals surface area contributed by atoms with Gasteiger partial charge in [-0.2, -0.15) is 13.2 Å². The van der Waals surface area contributed by atoms with Gasteiger partial charge in [0.15, 0.2) is 0 Å². The molecule has 0 spiro atoms. The second-order valence-electron chi connectivity index (χ2n) is 4.39. The van der Waals surface area contributed by atoms with Crippen LogP contribution in [0.1, 0.15) is 21.7 Å². The van der Waals surface area contributed by atoms with Gasteiger partial charge < -0.3 is 9.88 Å². The monoisotopic (exact) mass is 301 g/mol. The molecule has 21 heavy (non-hydrogen) atoms. The minimum Gasteiger partial charge on any atom is -0.347 e. The molecule has 0 aliphatic heterocycles. The molecule has 0 unspecified atom stereocenters. The minimum absolute atomic E-state index is 0.102. The maximum Gasteiger partial charge on any atom is 0.419 e. The Labute approximate surface area is 117 Å². The lowest BCUT2D eigenvalue weighted by Crippen LogP contribution is -2.27. The van der Waals surface area contributed by atoms with Crippen LogP contribution in [0.25, 0.3) is 0 Å². The first-order chi connectivity index (χ1) is 9.79. The molecule has 0 saturated carbocycles. The predicted molar refractivity (Wildman–Crippen MR) is 65.8 cm³/mol. The molecule has 8 heteroatoms. The lowest BCUT2D eigenvalue weighted by atomic mass is 10.1. The SMILES string of the molecule is CN(Cc1ncc[nH]1)C(=O)c1ccc(F)c(C(F)(F)F)c1. The molecule has 0 atom stereocenters. The fourth-order valence-electron chi connectivity index (χ4n) is 1.78. The molecule has 0 aliphatic carbocycles. The van der Waals surface area contributed by atoms with Crippen molar-refractivity contribution in [1.29, 1.82) is 0 Å². The van der Waals surface area contributed by atoms with E-state index in [0.29, 0.717) is 18.0 Å². The average Bonchev–Trinajstić information content (AvgIpc) is 2.90.